The van der Waals surface area contributed by atoms with Gasteiger partial charge in [-0.2, -0.15) is 0 Å². The van der Waals surface area contributed by atoms with E-state index in [-0.39, 0.29) is 17.7 Å². The molecule has 7 nitrogen and oxygen atoms in total. The number of ether oxygens (including phenoxy) is 1. The zero-order valence-corrected chi connectivity index (χ0v) is 17.0. The minimum Gasteiger partial charge on any atom is -0.464 e. The van der Waals surface area contributed by atoms with Crippen molar-refractivity contribution in [3.05, 3.63) is 60.0 Å². The number of anilines is 1. The number of nitrogens with zero attached hydrogens (tertiary/aromatic N) is 1. The SMILES string of the molecule is CC(C)(C)c1cc(NC(=O)COC(=O)Cc2coc3ccc4ccccc4c23)on1. The molecule has 0 unspecified atom stereocenters. The van der Waals surface area contributed by atoms with E-state index in [1.165, 1.54) is 0 Å². The van der Waals surface area contributed by atoms with Crippen molar-refractivity contribution in [1.29, 1.82) is 0 Å². The van der Waals surface area contributed by atoms with Crippen LogP contribution in [0.2, 0.25) is 0 Å². The summed E-state index contributed by atoms with van der Waals surface area (Å²) in [4.78, 5) is 24.4. The van der Waals surface area contributed by atoms with Gasteiger partial charge in [0.05, 0.1) is 18.4 Å². The first-order chi connectivity index (χ1) is 14.3. The number of hydrogen-bond acceptors (Lipinski definition) is 6. The number of aromatic nitrogens is 1. The summed E-state index contributed by atoms with van der Waals surface area (Å²) in [6.45, 7) is 5.55. The molecule has 30 heavy (non-hydrogen) atoms. The van der Waals surface area contributed by atoms with Crippen LogP contribution in [0.1, 0.15) is 32.0 Å². The molecule has 0 saturated heterocycles. The Kier molecular flexibility index (Phi) is 5.03. The number of benzene rings is 2. The molecule has 1 amide bonds. The average Bonchev–Trinajstić information content (AvgIpc) is 3.34. The topological polar surface area (TPSA) is 94.6 Å². The molecule has 0 atom stereocenters. The lowest BCUT2D eigenvalue weighted by molar-refractivity contribution is -0.146. The molecular weight excluding hydrogens is 384 g/mol. The van der Waals surface area contributed by atoms with Crippen LogP contribution in [0, 0.1) is 0 Å². The number of nitrogens with one attached hydrogen (secondary N) is 1. The van der Waals surface area contributed by atoms with Crippen LogP contribution in [0.25, 0.3) is 21.7 Å². The number of esters is 1. The highest BCUT2D eigenvalue weighted by molar-refractivity contribution is 6.08. The van der Waals surface area contributed by atoms with Crippen molar-refractivity contribution in [3.63, 3.8) is 0 Å². The summed E-state index contributed by atoms with van der Waals surface area (Å²) in [5, 5.41) is 9.41. The molecule has 154 valence electrons. The van der Waals surface area contributed by atoms with Crippen molar-refractivity contribution in [3.8, 4) is 0 Å². The van der Waals surface area contributed by atoms with Gasteiger partial charge in [-0.1, -0.05) is 56.3 Å². The lowest BCUT2D eigenvalue weighted by Crippen LogP contribution is -2.21. The van der Waals surface area contributed by atoms with Crippen LogP contribution in [-0.2, 0) is 26.2 Å². The van der Waals surface area contributed by atoms with Crippen LogP contribution in [0.3, 0.4) is 0 Å². The predicted octanol–water partition coefficient (Wildman–Crippen LogP) is 4.60. The summed E-state index contributed by atoms with van der Waals surface area (Å²) in [5.41, 5.74) is 1.94. The van der Waals surface area contributed by atoms with E-state index in [4.69, 9.17) is 13.7 Å². The van der Waals surface area contributed by atoms with Gasteiger partial charge in [0, 0.05) is 22.4 Å². The molecule has 0 fully saturated rings. The molecular formula is C23H22N2O5. The van der Waals surface area contributed by atoms with Gasteiger partial charge < -0.3 is 13.7 Å². The van der Waals surface area contributed by atoms with E-state index in [2.05, 4.69) is 10.5 Å². The quantitative estimate of drug-likeness (QED) is 0.487. The third kappa shape index (κ3) is 4.05. The van der Waals surface area contributed by atoms with Crippen molar-refractivity contribution in [2.24, 2.45) is 0 Å². The molecule has 0 radical (unpaired) electrons. The smallest absolute Gasteiger partial charge is 0.310 e. The highest BCUT2D eigenvalue weighted by Crippen LogP contribution is 2.30. The molecule has 0 aliphatic heterocycles. The van der Waals surface area contributed by atoms with Crippen molar-refractivity contribution in [1.82, 2.24) is 5.16 Å². The Morgan fingerprint density at radius 1 is 1.13 bits per heavy atom. The van der Waals surface area contributed by atoms with Crippen LogP contribution in [-0.4, -0.2) is 23.6 Å². The van der Waals surface area contributed by atoms with Gasteiger partial charge in [0.25, 0.3) is 5.91 Å². The third-order valence-corrected chi connectivity index (χ3v) is 4.78. The highest BCUT2D eigenvalue weighted by atomic mass is 16.5. The van der Waals surface area contributed by atoms with Crippen LogP contribution in [0.4, 0.5) is 5.88 Å². The second-order valence-electron chi connectivity index (χ2n) is 8.13. The summed E-state index contributed by atoms with van der Waals surface area (Å²) >= 11 is 0. The van der Waals surface area contributed by atoms with Gasteiger partial charge in [0.15, 0.2) is 6.61 Å². The van der Waals surface area contributed by atoms with Crippen LogP contribution in [0.15, 0.2) is 57.7 Å². The minimum atomic E-state index is -0.520. The molecule has 1 N–H and O–H groups in total. The Morgan fingerprint density at radius 2 is 1.93 bits per heavy atom. The van der Waals surface area contributed by atoms with Crippen LogP contribution < -0.4 is 5.32 Å². The number of hydrogen-bond donors (Lipinski definition) is 1. The number of rotatable bonds is 5. The fourth-order valence-electron chi connectivity index (χ4n) is 3.22. The Balaban J connectivity index is 1.39. The maximum Gasteiger partial charge on any atom is 0.310 e. The second kappa shape index (κ2) is 7.67. The van der Waals surface area contributed by atoms with Crippen molar-refractivity contribution >= 4 is 39.5 Å². The van der Waals surface area contributed by atoms with Gasteiger partial charge in [-0.3, -0.25) is 14.9 Å². The third-order valence-electron chi connectivity index (χ3n) is 4.78. The minimum absolute atomic E-state index is 0.00473. The number of carbonyl (C=O) groups excluding carboxylic acids is 2. The lowest BCUT2D eigenvalue weighted by Gasteiger charge is -2.12. The average molecular weight is 406 g/mol. The summed E-state index contributed by atoms with van der Waals surface area (Å²) < 4.78 is 15.8. The lowest BCUT2D eigenvalue weighted by atomic mass is 9.92. The molecule has 0 bridgehead atoms. The van der Waals surface area contributed by atoms with E-state index in [9.17, 15) is 9.59 Å². The molecule has 2 aromatic carbocycles. The number of amides is 1. The van der Waals surface area contributed by atoms with Gasteiger partial charge in [0.2, 0.25) is 5.88 Å². The van der Waals surface area contributed by atoms with Crippen molar-refractivity contribution in [2.75, 3.05) is 11.9 Å². The maximum atomic E-state index is 12.3. The van der Waals surface area contributed by atoms with Crippen molar-refractivity contribution < 1.29 is 23.3 Å². The van der Waals surface area contributed by atoms with Gasteiger partial charge in [-0.05, 0) is 16.8 Å². The molecule has 4 aromatic rings. The van der Waals surface area contributed by atoms with E-state index >= 15 is 0 Å². The molecule has 0 aliphatic rings. The first-order valence-electron chi connectivity index (χ1n) is 9.62. The Bertz CT molecular complexity index is 1230. The molecule has 0 aliphatic carbocycles. The summed E-state index contributed by atoms with van der Waals surface area (Å²) in [6.07, 6.45) is 1.56. The normalized spacial score (nSPS) is 11.7. The summed E-state index contributed by atoms with van der Waals surface area (Å²) in [5.74, 6) is -0.801. The molecule has 2 heterocycles. The Labute approximate surface area is 173 Å². The number of fused-ring (bicyclic) bond motifs is 3. The molecule has 2 aromatic heterocycles. The highest BCUT2D eigenvalue weighted by Gasteiger charge is 2.20. The van der Waals surface area contributed by atoms with Gasteiger partial charge in [-0.15, -0.1) is 0 Å². The first-order valence-corrected chi connectivity index (χ1v) is 9.62. The largest absolute Gasteiger partial charge is 0.464 e. The summed E-state index contributed by atoms with van der Waals surface area (Å²) in [7, 11) is 0. The summed E-state index contributed by atoms with van der Waals surface area (Å²) in [6, 6.07) is 13.4. The Hall–Kier alpha value is -3.61. The zero-order chi connectivity index (χ0) is 21.3. The first kappa shape index (κ1) is 19.7. The van der Waals surface area contributed by atoms with Crippen molar-refractivity contribution in [2.45, 2.75) is 32.6 Å². The fraction of sp³-hybridized carbons (Fsp3) is 0.261. The number of furan rings is 1. The van der Waals surface area contributed by atoms with Crippen LogP contribution in [0.5, 0.6) is 0 Å². The monoisotopic (exact) mass is 406 g/mol. The fourth-order valence-corrected chi connectivity index (χ4v) is 3.22. The molecule has 0 saturated carbocycles. The zero-order valence-electron chi connectivity index (χ0n) is 17.0. The molecule has 0 spiro atoms. The van der Waals surface area contributed by atoms with E-state index in [1.807, 2.05) is 57.2 Å². The van der Waals surface area contributed by atoms with E-state index in [0.29, 0.717) is 11.3 Å². The van der Waals surface area contributed by atoms with E-state index < -0.39 is 18.5 Å². The number of carbonyl (C=O) groups is 2. The molecule has 4 rings (SSSR count). The standard InChI is InChI=1S/C23H22N2O5/c1-23(2,3)18-11-20(30-25-18)24-19(26)13-29-21(27)10-15-12-28-17-9-8-14-6-4-5-7-16(14)22(15)17/h4-9,11-12H,10,13H2,1-3H3,(H,24,26). The van der Waals surface area contributed by atoms with Gasteiger partial charge >= 0.3 is 5.97 Å². The van der Waals surface area contributed by atoms with Gasteiger partial charge in [0.1, 0.15) is 5.58 Å². The van der Waals surface area contributed by atoms with Crippen LogP contribution >= 0.6 is 0 Å². The van der Waals surface area contributed by atoms with E-state index in [1.54, 1.807) is 12.3 Å². The Morgan fingerprint density at radius 3 is 2.70 bits per heavy atom. The van der Waals surface area contributed by atoms with Gasteiger partial charge in [-0.25, -0.2) is 0 Å². The molecule has 7 heteroatoms. The predicted molar refractivity (Wildman–Crippen MR) is 112 cm³/mol. The van der Waals surface area contributed by atoms with E-state index in [0.717, 1.165) is 21.7 Å². The maximum absolute atomic E-state index is 12.3. The second-order valence-corrected chi connectivity index (χ2v) is 8.13.